The molecule has 1 unspecified atom stereocenters. The van der Waals surface area contributed by atoms with Crippen LogP contribution < -0.4 is 10.6 Å². The number of nitrogens with one attached hydrogen (secondary N) is 2. The minimum atomic E-state index is -0.103. The van der Waals surface area contributed by atoms with E-state index in [0.29, 0.717) is 28.9 Å². The first-order valence-electron chi connectivity index (χ1n) is 10.7. The van der Waals surface area contributed by atoms with Crippen LogP contribution in [0, 0.1) is 5.92 Å². The summed E-state index contributed by atoms with van der Waals surface area (Å²) in [6, 6.07) is 13.0. The lowest BCUT2D eigenvalue weighted by atomic mass is 10.1. The Bertz CT molecular complexity index is 952. The number of morpholine rings is 1. The molecule has 0 aromatic heterocycles. The first-order chi connectivity index (χ1) is 15.3. The second kappa shape index (κ2) is 11.7. The lowest BCUT2D eigenvalue weighted by Gasteiger charge is -2.33. The molecule has 1 aliphatic heterocycles. The molecule has 1 atom stereocenters. The van der Waals surface area contributed by atoms with E-state index in [4.69, 9.17) is 27.9 Å². The monoisotopic (exact) mass is 477 g/mol. The third-order valence-corrected chi connectivity index (χ3v) is 5.96. The van der Waals surface area contributed by atoms with Crippen LogP contribution in [0.4, 0.5) is 5.69 Å². The van der Waals surface area contributed by atoms with E-state index in [0.717, 1.165) is 30.8 Å². The molecule has 172 valence electrons. The highest BCUT2D eigenvalue weighted by Crippen LogP contribution is 2.23. The van der Waals surface area contributed by atoms with E-state index in [1.165, 1.54) is 0 Å². The van der Waals surface area contributed by atoms with E-state index in [2.05, 4.69) is 15.5 Å². The standard InChI is InChI=1S/C24H29Cl2N3O3/c1-16(2)24(31)28-19-5-3-4-17(10-19)12-23(30)27-13-20-15-29(8-9-32-20)14-18-6-7-21(25)22(26)11-18/h3-7,10-11,16,20H,8-9,12-15H2,1-2H3,(H,27,30)(H,28,31). The van der Waals surface area contributed by atoms with Crippen molar-refractivity contribution in [3.8, 4) is 0 Å². The first kappa shape index (κ1) is 24.5. The number of carbonyl (C=O) groups excluding carboxylic acids is 2. The Morgan fingerprint density at radius 2 is 1.94 bits per heavy atom. The summed E-state index contributed by atoms with van der Waals surface area (Å²) in [6.07, 6.45) is 0.164. The number of amides is 2. The van der Waals surface area contributed by atoms with E-state index >= 15 is 0 Å². The van der Waals surface area contributed by atoms with Gasteiger partial charge in [0.05, 0.1) is 29.2 Å². The maximum Gasteiger partial charge on any atom is 0.226 e. The Morgan fingerprint density at radius 1 is 1.12 bits per heavy atom. The molecule has 0 aliphatic carbocycles. The van der Waals surface area contributed by atoms with Crippen LogP contribution in [0.1, 0.15) is 25.0 Å². The largest absolute Gasteiger partial charge is 0.374 e. The van der Waals surface area contributed by atoms with Crippen molar-refractivity contribution in [2.24, 2.45) is 5.92 Å². The van der Waals surface area contributed by atoms with Gasteiger partial charge in [-0.3, -0.25) is 14.5 Å². The van der Waals surface area contributed by atoms with Crippen LogP contribution in [0.25, 0.3) is 0 Å². The number of carbonyl (C=O) groups is 2. The van der Waals surface area contributed by atoms with E-state index in [9.17, 15) is 9.59 Å². The van der Waals surface area contributed by atoms with Crippen molar-refractivity contribution >= 4 is 40.7 Å². The minimum absolute atomic E-state index is 0.0496. The molecule has 8 heteroatoms. The van der Waals surface area contributed by atoms with Crippen molar-refractivity contribution in [1.82, 2.24) is 10.2 Å². The highest BCUT2D eigenvalue weighted by atomic mass is 35.5. The van der Waals surface area contributed by atoms with Gasteiger partial charge in [-0.25, -0.2) is 0 Å². The Kier molecular flexibility index (Phi) is 8.93. The van der Waals surface area contributed by atoms with Gasteiger partial charge in [-0.2, -0.15) is 0 Å². The maximum atomic E-state index is 12.4. The van der Waals surface area contributed by atoms with Crippen molar-refractivity contribution in [3.63, 3.8) is 0 Å². The smallest absolute Gasteiger partial charge is 0.226 e. The molecular weight excluding hydrogens is 449 g/mol. The topological polar surface area (TPSA) is 70.7 Å². The zero-order valence-electron chi connectivity index (χ0n) is 18.4. The van der Waals surface area contributed by atoms with Crippen molar-refractivity contribution in [2.75, 3.05) is 31.6 Å². The van der Waals surface area contributed by atoms with Crippen LogP contribution >= 0.6 is 23.2 Å². The van der Waals surface area contributed by atoms with Crippen LogP contribution in [-0.2, 0) is 27.3 Å². The van der Waals surface area contributed by atoms with E-state index in [1.807, 2.05) is 50.2 Å². The summed E-state index contributed by atoms with van der Waals surface area (Å²) in [6.45, 7) is 7.02. The predicted molar refractivity (Wildman–Crippen MR) is 128 cm³/mol. The highest BCUT2D eigenvalue weighted by Gasteiger charge is 2.21. The van der Waals surface area contributed by atoms with Gasteiger partial charge < -0.3 is 15.4 Å². The zero-order valence-corrected chi connectivity index (χ0v) is 19.9. The Labute approximate surface area is 199 Å². The third-order valence-electron chi connectivity index (χ3n) is 5.22. The van der Waals surface area contributed by atoms with Gasteiger partial charge in [-0.1, -0.05) is 55.2 Å². The summed E-state index contributed by atoms with van der Waals surface area (Å²) in [4.78, 5) is 26.6. The first-order valence-corrected chi connectivity index (χ1v) is 11.5. The fraction of sp³-hybridized carbons (Fsp3) is 0.417. The quantitative estimate of drug-likeness (QED) is 0.598. The fourth-order valence-electron chi connectivity index (χ4n) is 3.46. The minimum Gasteiger partial charge on any atom is -0.374 e. The molecule has 1 fully saturated rings. The number of hydrogen-bond acceptors (Lipinski definition) is 4. The lowest BCUT2D eigenvalue weighted by molar-refractivity contribution is -0.121. The van der Waals surface area contributed by atoms with E-state index in [1.54, 1.807) is 6.07 Å². The van der Waals surface area contributed by atoms with Gasteiger partial charge in [0.15, 0.2) is 0 Å². The number of anilines is 1. The molecule has 32 heavy (non-hydrogen) atoms. The van der Waals surface area contributed by atoms with Gasteiger partial charge >= 0.3 is 0 Å². The normalized spacial score (nSPS) is 16.7. The van der Waals surface area contributed by atoms with Crippen LogP contribution in [0.5, 0.6) is 0 Å². The molecule has 0 saturated carbocycles. The molecule has 1 heterocycles. The molecule has 2 amide bonds. The predicted octanol–water partition coefficient (Wildman–Crippen LogP) is 4.15. The molecule has 0 spiro atoms. The summed E-state index contributed by atoms with van der Waals surface area (Å²) in [7, 11) is 0. The van der Waals surface area contributed by atoms with E-state index in [-0.39, 0.29) is 30.3 Å². The van der Waals surface area contributed by atoms with Crippen LogP contribution in [-0.4, -0.2) is 49.1 Å². The lowest BCUT2D eigenvalue weighted by Crippen LogP contribution is -2.47. The number of ether oxygens (including phenoxy) is 1. The molecule has 1 saturated heterocycles. The number of benzene rings is 2. The average molecular weight is 478 g/mol. The van der Waals surface area contributed by atoms with Gasteiger partial charge in [0.1, 0.15) is 0 Å². The summed E-state index contributed by atoms with van der Waals surface area (Å²) in [5.41, 5.74) is 2.63. The molecule has 2 aromatic carbocycles. The number of hydrogen-bond donors (Lipinski definition) is 2. The maximum absolute atomic E-state index is 12.4. The Morgan fingerprint density at radius 3 is 2.69 bits per heavy atom. The van der Waals surface area contributed by atoms with Crippen molar-refractivity contribution < 1.29 is 14.3 Å². The van der Waals surface area contributed by atoms with Crippen LogP contribution in [0.15, 0.2) is 42.5 Å². The third kappa shape index (κ3) is 7.48. The van der Waals surface area contributed by atoms with Gasteiger partial charge in [-0.15, -0.1) is 0 Å². The number of nitrogens with zero attached hydrogens (tertiary/aromatic N) is 1. The van der Waals surface area contributed by atoms with Crippen molar-refractivity contribution in [3.05, 3.63) is 63.6 Å². The summed E-state index contributed by atoms with van der Waals surface area (Å²) >= 11 is 12.1. The summed E-state index contributed by atoms with van der Waals surface area (Å²) < 4.78 is 5.82. The highest BCUT2D eigenvalue weighted by molar-refractivity contribution is 6.42. The van der Waals surface area contributed by atoms with Gasteiger partial charge in [0, 0.05) is 37.8 Å². The second-order valence-corrected chi connectivity index (χ2v) is 9.12. The molecule has 3 rings (SSSR count). The molecule has 2 N–H and O–H groups in total. The van der Waals surface area contributed by atoms with Crippen molar-refractivity contribution in [1.29, 1.82) is 0 Å². The average Bonchev–Trinajstić information content (AvgIpc) is 2.75. The molecule has 0 bridgehead atoms. The molecular formula is C24H29Cl2N3O3. The zero-order chi connectivity index (χ0) is 23.1. The Hall–Kier alpha value is -2.12. The van der Waals surface area contributed by atoms with Gasteiger partial charge in [0.2, 0.25) is 11.8 Å². The molecule has 1 aliphatic rings. The summed E-state index contributed by atoms with van der Waals surface area (Å²) in [5, 5.41) is 6.92. The Balaban J connectivity index is 1.46. The molecule has 0 radical (unpaired) electrons. The van der Waals surface area contributed by atoms with Crippen LogP contribution in [0.3, 0.4) is 0 Å². The second-order valence-electron chi connectivity index (χ2n) is 8.30. The molecule has 6 nitrogen and oxygen atoms in total. The number of rotatable bonds is 8. The molecule has 2 aromatic rings. The van der Waals surface area contributed by atoms with E-state index < -0.39 is 0 Å². The van der Waals surface area contributed by atoms with Crippen LogP contribution in [0.2, 0.25) is 10.0 Å². The fourth-order valence-corrected chi connectivity index (χ4v) is 3.79. The van der Waals surface area contributed by atoms with Gasteiger partial charge in [0.25, 0.3) is 0 Å². The van der Waals surface area contributed by atoms with Crippen molar-refractivity contribution in [2.45, 2.75) is 32.9 Å². The summed E-state index contributed by atoms with van der Waals surface area (Å²) in [5.74, 6) is -0.234. The number of halogens is 2. The van der Waals surface area contributed by atoms with Gasteiger partial charge in [-0.05, 0) is 35.4 Å². The SMILES string of the molecule is CC(C)C(=O)Nc1cccc(CC(=O)NCC2CN(Cc3ccc(Cl)c(Cl)c3)CCO2)c1.